The molecule has 0 saturated heterocycles. The molecule has 0 spiro atoms. The van der Waals surface area contributed by atoms with Gasteiger partial charge in [-0.2, -0.15) is 5.10 Å². The Morgan fingerprint density at radius 1 is 1.12 bits per heavy atom. The predicted molar refractivity (Wildman–Crippen MR) is 96.1 cm³/mol. The Balaban J connectivity index is 1.80. The Bertz CT molecular complexity index is 879. The zero-order valence-corrected chi connectivity index (χ0v) is 14.4. The Morgan fingerprint density at radius 2 is 1.84 bits per heavy atom. The number of anilines is 1. The molecule has 3 rings (SSSR count). The number of amides is 1. The average Bonchev–Trinajstić information content (AvgIpc) is 3.10. The Kier molecular flexibility index (Phi) is 4.27. The van der Waals surface area contributed by atoms with E-state index in [0.717, 1.165) is 11.3 Å². The lowest BCUT2D eigenvalue weighted by atomic mass is 9.87. The summed E-state index contributed by atoms with van der Waals surface area (Å²) in [5.41, 5.74) is 2.66. The lowest BCUT2D eigenvalue weighted by Crippen LogP contribution is -2.15. The van der Waals surface area contributed by atoms with Crippen LogP contribution in [0.25, 0.3) is 5.69 Å². The second-order valence-corrected chi connectivity index (χ2v) is 6.82. The molecular weight excluding hydrogens is 316 g/mol. The van der Waals surface area contributed by atoms with Gasteiger partial charge in [-0.3, -0.25) is 4.79 Å². The van der Waals surface area contributed by atoms with Crippen molar-refractivity contribution in [2.75, 3.05) is 5.32 Å². The van der Waals surface area contributed by atoms with E-state index in [1.807, 2.05) is 6.07 Å². The van der Waals surface area contributed by atoms with Crippen LogP contribution in [0.2, 0.25) is 0 Å². The molecule has 0 radical (unpaired) electrons. The summed E-state index contributed by atoms with van der Waals surface area (Å²) in [6.07, 6.45) is 3.04. The first-order valence-electron chi connectivity index (χ1n) is 7.94. The quantitative estimate of drug-likeness (QED) is 0.717. The second kappa shape index (κ2) is 6.39. The van der Waals surface area contributed by atoms with Gasteiger partial charge >= 0.3 is 0 Å². The van der Waals surface area contributed by atoms with Gasteiger partial charge in [0.15, 0.2) is 0 Å². The fraction of sp³-hybridized carbons (Fsp3) is 0.211. The highest BCUT2D eigenvalue weighted by molar-refractivity contribution is 6.05. The molecule has 0 bridgehead atoms. The third-order valence-electron chi connectivity index (χ3n) is 3.92. The smallest absolute Gasteiger partial charge is 0.255 e. The van der Waals surface area contributed by atoms with Crippen LogP contribution in [0.4, 0.5) is 5.69 Å². The highest BCUT2D eigenvalue weighted by Crippen LogP contribution is 2.31. The van der Waals surface area contributed by atoms with Crippen molar-refractivity contribution in [3.63, 3.8) is 0 Å². The van der Waals surface area contributed by atoms with E-state index in [2.05, 4.69) is 36.2 Å². The van der Waals surface area contributed by atoms with E-state index in [1.165, 1.54) is 6.33 Å². The molecule has 0 atom stereocenters. The Labute approximate surface area is 146 Å². The van der Waals surface area contributed by atoms with Gasteiger partial charge in [-0.05, 0) is 47.4 Å². The van der Waals surface area contributed by atoms with Gasteiger partial charge < -0.3 is 10.4 Å². The van der Waals surface area contributed by atoms with Crippen LogP contribution in [-0.4, -0.2) is 25.8 Å². The number of nitrogens with one attached hydrogen (secondary N) is 1. The van der Waals surface area contributed by atoms with Crippen LogP contribution >= 0.6 is 0 Å². The largest absolute Gasteiger partial charge is 0.506 e. The molecule has 0 aliphatic carbocycles. The summed E-state index contributed by atoms with van der Waals surface area (Å²) in [6.45, 7) is 6.23. The molecule has 0 saturated carbocycles. The number of aromatic hydroxyl groups is 1. The van der Waals surface area contributed by atoms with Crippen LogP contribution in [0.5, 0.6) is 5.75 Å². The van der Waals surface area contributed by atoms with E-state index in [9.17, 15) is 9.90 Å². The lowest BCUT2D eigenvalue weighted by molar-refractivity contribution is 0.102. The summed E-state index contributed by atoms with van der Waals surface area (Å²) in [5.74, 6) is -0.243. The number of aromatic nitrogens is 3. The first-order chi connectivity index (χ1) is 11.8. The van der Waals surface area contributed by atoms with Crippen LogP contribution in [0.15, 0.2) is 55.1 Å². The van der Waals surface area contributed by atoms with E-state index in [-0.39, 0.29) is 17.1 Å². The highest BCUT2D eigenvalue weighted by Gasteiger charge is 2.17. The van der Waals surface area contributed by atoms with Crippen molar-refractivity contribution >= 4 is 11.6 Å². The lowest BCUT2D eigenvalue weighted by Gasteiger charge is -2.20. The van der Waals surface area contributed by atoms with Crippen molar-refractivity contribution < 1.29 is 9.90 Å². The van der Waals surface area contributed by atoms with Crippen LogP contribution in [0.1, 0.15) is 36.7 Å². The van der Waals surface area contributed by atoms with Gasteiger partial charge in [-0.15, -0.1) is 0 Å². The van der Waals surface area contributed by atoms with Gasteiger partial charge in [0.1, 0.15) is 18.4 Å². The van der Waals surface area contributed by atoms with Gasteiger partial charge in [0, 0.05) is 5.56 Å². The van der Waals surface area contributed by atoms with Gasteiger partial charge in [0.05, 0.1) is 11.4 Å². The monoisotopic (exact) mass is 336 g/mol. The summed E-state index contributed by atoms with van der Waals surface area (Å²) in [6, 6.07) is 12.2. The molecule has 0 aliphatic heterocycles. The van der Waals surface area contributed by atoms with Gasteiger partial charge in [0.25, 0.3) is 5.91 Å². The van der Waals surface area contributed by atoms with Crippen molar-refractivity contribution in [2.45, 2.75) is 26.2 Å². The molecule has 3 aromatic rings. The molecule has 0 aliphatic rings. The maximum atomic E-state index is 12.5. The van der Waals surface area contributed by atoms with E-state index in [1.54, 1.807) is 47.4 Å². The summed E-state index contributed by atoms with van der Waals surface area (Å²) < 4.78 is 1.61. The van der Waals surface area contributed by atoms with Gasteiger partial charge in [0.2, 0.25) is 0 Å². The van der Waals surface area contributed by atoms with Crippen molar-refractivity contribution in [1.82, 2.24) is 14.8 Å². The van der Waals surface area contributed by atoms with E-state index < -0.39 is 0 Å². The minimum atomic E-state index is -0.286. The number of phenolic OH excluding ortho intramolecular Hbond substituents is 1. The standard InChI is InChI=1S/C19H20N4O2/c1-19(2,3)14-6-9-17(24)16(10-14)22-18(25)13-4-7-15(8-5-13)23-12-20-11-21-23/h4-12,24H,1-3H3,(H,22,25). The van der Waals surface area contributed by atoms with Crippen LogP contribution < -0.4 is 5.32 Å². The van der Waals surface area contributed by atoms with Crippen LogP contribution in [0, 0.1) is 0 Å². The van der Waals surface area contributed by atoms with E-state index in [0.29, 0.717) is 11.3 Å². The maximum Gasteiger partial charge on any atom is 0.255 e. The summed E-state index contributed by atoms with van der Waals surface area (Å²) in [5, 5.41) is 16.8. The SMILES string of the molecule is CC(C)(C)c1ccc(O)c(NC(=O)c2ccc(-n3cncn3)cc2)c1. The fourth-order valence-corrected chi connectivity index (χ4v) is 2.40. The van der Waals surface area contributed by atoms with Crippen molar-refractivity contribution in [3.8, 4) is 11.4 Å². The number of nitrogens with zero attached hydrogens (tertiary/aromatic N) is 3. The summed E-state index contributed by atoms with van der Waals surface area (Å²) >= 11 is 0. The van der Waals surface area contributed by atoms with Crippen LogP contribution in [-0.2, 0) is 5.41 Å². The Hall–Kier alpha value is -3.15. The van der Waals surface area contributed by atoms with Crippen LogP contribution in [0.3, 0.4) is 0 Å². The van der Waals surface area contributed by atoms with Crippen molar-refractivity contribution in [2.24, 2.45) is 0 Å². The summed E-state index contributed by atoms with van der Waals surface area (Å²) in [7, 11) is 0. The number of rotatable bonds is 3. The topological polar surface area (TPSA) is 80.0 Å². The molecule has 2 N–H and O–H groups in total. The van der Waals surface area contributed by atoms with E-state index >= 15 is 0 Å². The maximum absolute atomic E-state index is 12.5. The van der Waals surface area contributed by atoms with Crippen molar-refractivity contribution in [3.05, 3.63) is 66.2 Å². The highest BCUT2D eigenvalue weighted by atomic mass is 16.3. The molecule has 0 fully saturated rings. The molecule has 1 amide bonds. The van der Waals surface area contributed by atoms with E-state index in [4.69, 9.17) is 0 Å². The molecule has 6 nitrogen and oxygen atoms in total. The average molecular weight is 336 g/mol. The molecule has 2 aromatic carbocycles. The number of phenols is 1. The molecular formula is C19H20N4O2. The molecule has 128 valence electrons. The fourth-order valence-electron chi connectivity index (χ4n) is 2.40. The first-order valence-corrected chi connectivity index (χ1v) is 7.94. The third-order valence-corrected chi connectivity index (χ3v) is 3.92. The number of benzene rings is 2. The zero-order chi connectivity index (χ0) is 18.0. The number of hydrogen-bond acceptors (Lipinski definition) is 4. The minimum absolute atomic E-state index is 0.0422. The second-order valence-electron chi connectivity index (χ2n) is 6.82. The number of carbonyl (C=O) groups excluding carboxylic acids is 1. The Morgan fingerprint density at radius 3 is 2.44 bits per heavy atom. The third kappa shape index (κ3) is 3.68. The van der Waals surface area contributed by atoms with Gasteiger partial charge in [-0.1, -0.05) is 26.8 Å². The zero-order valence-electron chi connectivity index (χ0n) is 14.4. The molecule has 6 heteroatoms. The predicted octanol–water partition coefficient (Wildman–Crippen LogP) is 3.52. The molecule has 0 unspecified atom stereocenters. The summed E-state index contributed by atoms with van der Waals surface area (Å²) in [4.78, 5) is 16.4. The van der Waals surface area contributed by atoms with Gasteiger partial charge in [-0.25, -0.2) is 9.67 Å². The number of hydrogen-bond donors (Lipinski definition) is 2. The van der Waals surface area contributed by atoms with Crippen molar-refractivity contribution in [1.29, 1.82) is 0 Å². The first kappa shape index (κ1) is 16.7. The molecule has 1 aromatic heterocycles. The molecule has 1 heterocycles. The number of carbonyl (C=O) groups is 1. The normalized spacial score (nSPS) is 11.3. The minimum Gasteiger partial charge on any atom is -0.506 e. The molecule has 25 heavy (non-hydrogen) atoms.